The van der Waals surface area contributed by atoms with Gasteiger partial charge in [0.1, 0.15) is 11.6 Å². The first-order valence-electron chi connectivity index (χ1n) is 8.82. The van der Waals surface area contributed by atoms with Crippen LogP contribution in [0.5, 0.6) is 5.75 Å². The Hall–Kier alpha value is -3.46. The highest BCUT2D eigenvalue weighted by Gasteiger charge is 2.33. The van der Waals surface area contributed by atoms with Crippen molar-refractivity contribution in [3.8, 4) is 11.6 Å². The van der Waals surface area contributed by atoms with Crippen LogP contribution in [0.3, 0.4) is 0 Å². The van der Waals surface area contributed by atoms with Crippen LogP contribution >= 0.6 is 11.6 Å². The van der Waals surface area contributed by atoms with E-state index in [1.165, 1.54) is 0 Å². The highest BCUT2D eigenvalue weighted by molar-refractivity contribution is 6.29. The molecule has 0 spiro atoms. The van der Waals surface area contributed by atoms with E-state index >= 15 is 0 Å². The van der Waals surface area contributed by atoms with Crippen molar-refractivity contribution >= 4 is 29.2 Å². The molecule has 0 unspecified atom stereocenters. The number of fused-ring (bicyclic) bond motifs is 1. The molecule has 1 atom stereocenters. The van der Waals surface area contributed by atoms with Gasteiger partial charge in [0.25, 0.3) is 5.91 Å². The summed E-state index contributed by atoms with van der Waals surface area (Å²) in [5.41, 5.74) is 7.71. The first kappa shape index (κ1) is 18.9. The Balaban J connectivity index is 1.70. The Kier molecular flexibility index (Phi) is 4.89. The second kappa shape index (κ2) is 7.51. The van der Waals surface area contributed by atoms with E-state index in [0.29, 0.717) is 17.4 Å². The van der Waals surface area contributed by atoms with Crippen LogP contribution in [-0.2, 0) is 9.59 Å². The number of rotatable bonds is 5. The van der Waals surface area contributed by atoms with E-state index in [2.05, 4.69) is 20.6 Å². The second-order valence-electron chi connectivity index (χ2n) is 6.60. The summed E-state index contributed by atoms with van der Waals surface area (Å²) in [4.78, 5) is 23.3. The number of nitrogens with one attached hydrogen (secondary N) is 1. The minimum absolute atomic E-state index is 0.125. The molecule has 0 radical (unpaired) electrons. The first-order chi connectivity index (χ1) is 13.9. The number of aryl methyl sites for hydroxylation is 1. The van der Waals surface area contributed by atoms with E-state index in [-0.39, 0.29) is 30.0 Å². The van der Waals surface area contributed by atoms with Gasteiger partial charge in [0.15, 0.2) is 17.6 Å². The van der Waals surface area contributed by atoms with Crippen molar-refractivity contribution < 1.29 is 14.3 Å². The number of carbonyl (C=O) groups excluding carboxylic acids is 2. The summed E-state index contributed by atoms with van der Waals surface area (Å²) in [5, 5.41) is 15.6. The number of aromatic nitrogens is 4. The van der Waals surface area contributed by atoms with E-state index in [1.807, 2.05) is 19.1 Å². The van der Waals surface area contributed by atoms with E-state index in [1.54, 1.807) is 28.9 Å². The molecule has 10 heteroatoms. The molecule has 29 heavy (non-hydrogen) atoms. The quantitative estimate of drug-likeness (QED) is 0.659. The SMILES string of the molecule is Cc1nn(-c2ccc(Cl)nn2)c2c1[C@@H](c1ccc(OCC(N)=O)cc1)CC(=O)N2. The number of anilines is 1. The summed E-state index contributed by atoms with van der Waals surface area (Å²) in [6.45, 7) is 1.69. The minimum atomic E-state index is -0.545. The average molecular weight is 413 g/mol. The topological polar surface area (TPSA) is 125 Å². The lowest BCUT2D eigenvalue weighted by Crippen LogP contribution is -2.25. The summed E-state index contributed by atoms with van der Waals surface area (Å²) in [7, 11) is 0. The van der Waals surface area contributed by atoms with Gasteiger partial charge in [-0.2, -0.15) is 9.78 Å². The standard InChI is InChI=1S/C19H17ClN6O3/c1-10-18-13(11-2-4-12(5-3-11)29-9-15(21)27)8-17(28)22-19(18)26(25-10)16-7-6-14(20)23-24-16/h2-7,13H,8-9H2,1H3,(H2,21,27)(H,22,28)/t13-/m1/s1. The van der Waals surface area contributed by atoms with Crippen molar-refractivity contribution in [2.75, 3.05) is 11.9 Å². The molecule has 1 aromatic carbocycles. The summed E-state index contributed by atoms with van der Waals surface area (Å²) in [6, 6.07) is 10.5. The molecular formula is C19H17ClN6O3. The van der Waals surface area contributed by atoms with Crippen molar-refractivity contribution in [3.05, 3.63) is 58.4 Å². The van der Waals surface area contributed by atoms with Gasteiger partial charge in [-0.1, -0.05) is 23.7 Å². The van der Waals surface area contributed by atoms with Crippen molar-refractivity contribution in [3.63, 3.8) is 0 Å². The molecule has 0 bridgehead atoms. The number of hydrogen-bond donors (Lipinski definition) is 2. The lowest BCUT2D eigenvalue weighted by Gasteiger charge is -2.24. The third kappa shape index (κ3) is 3.77. The van der Waals surface area contributed by atoms with Gasteiger partial charge in [0.2, 0.25) is 5.91 Å². The van der Waals surface area contributed by atoms with Crippen LogP contribution in [0.1, 0.15) is 29.2 Å². The zero-order valence-electron chi connectivity index (χ0n) is 15.4. The van der Waals surface area contributed by atoms with Crippen LogP contribution in [0.15, 0.2) is 36.4 Å². The molecule has 2 amide bonds. The maximum Gasteiger partial charge on any atom is 0.255 e. The van der Waals surface area contributed by atoms with Crippen molar-refractivity contribution in [2.24, 2.45) is 5.73 Å². The third-order valence-corrected chi connectivity index (χ3v) is 4.80. The maximum absolute atomic E-state index is 12.4. The zero-order chi connectivity index (χ0) is 20.5. The highest BCUT2D eigenvalue weighted by Crippen LogP contribution is 2.40. The van der Waals surface area contributed by atoms with Crippen LogP contribution in [0.2, 0.25) is 5.15 Å². The smallest absolute Gasteiger partial charge is 0.255 e. The molecular weight excluding hydrogens is 396 g/mol. The molecule has 0 saturated carbocycles. The zero-order valence-corrected chi connectivity index (χ0v) is 16.2. The Morgan fingerprint density at radius 3 is 2.69 bits per heavy atom. The molecule has 1 aliphatic heterocycles. The predicted molar refractivity (Wildman–Crippen MR) is 105 cm³/mol. The number of nitrogens with two attached hydrogens (primary N) is 1. The number of nitrogens with zero attached hydrogens (tertiary/aromatic N) is 4. The Labute approximate surface area is 170 Å². The van der Waals surface area contributed by atoms with Gasteiger partial charge in [-0.15, -0.1) is 10.2 Å². The summed E-state index contributed by atoms with van der Waals surface area (Å²) >= 11 is 5.82. The maximum atomic E-state index is 12.4. The fourth-order valence-electron chi connectivity index (χ4n) is 3.37. The van der Waals surface area contributed by atoms with E-state index in [4.69, 9.17) is 22.1 Å². The fourth-order valence-corrected chi connectivity index (χ4v) is 3.47. The number of hydrogen-bond acceptors (Lipinski definition) is 6. The second-order valence-corrected chi connectivity index (χ2v) is 6.99. The Morgan fingerprint density at radius 2 is 2.03 bits per heavy atom. The van der Waals surface area contributed by atoms with Crippen molar-refractivity contribution in [1.29, 1.82) is 0 Å². The Morgan fingerprint density at radius 1 is 1.28 bits per heavy atom. The van der Waals surface area contributed by atoms with E-state index in [0.717, 1.165) is 16.8 Å². The molecule has 3 heterocycles. The highest BCUT2D eigenvalue weighted by atomic mass is 35.5. The lowest BCUT2D eigenvalue weighted by atomic mass is 9.86. The number of halogens is 1. The molecule has 4 rings (SSSR count). The van der Waals surface area contributed by atoms with Crippen LogP contribution in [0.25, 0.3) is 5.82 Å². The molecule has 0 aliphatic carbocycles. The van der Waals surface area contributed by atoms with E-state index < -0.39 is 5.91 Å². The Bertz CT molecular complexity index is 1080. The molecule has 148 valence electrons. The van der Waals surface area contributed by atoms with Gasteiger partial charge < -0.3 is 15.8 Å². The fraction of sp³-hybridized carbons (Fsp3) is 0.211. The van der Waals surface area contributed by atoms with Crippen molar-refractivity contribution in [2.45, 2.75) is 19.3 Å². The van der Waals surface area contributed by atoms with Crippen LogP contribution in [0, 0.1) is 6.92 Å². The summed E-state index contributed by atoms with van der Waals surface area (Å²) in [6.07, 6.45) is 0.285. The first-order valence-corrected chi connectivity index (χ1v) is 9.20. The molecule has 1 aliphatic rings. The van der Waals surface area contributed by atoms with Crippen LogP contribution in [0.4, 0.5) is 5.82 Å². The number of carbonyl (C=O) groups is 2. The van der Waals surface area contributed by atoms with Gasteiger partial charge >= 0.3 is 0 Å². The van der Waals surface area contributed by atoms with Crippen LogP contribution in [-0.4, -0.2) is 38.4 Å². The van der Waals surface area contributed by atoms with Crippen molar-refractivity contribution in [1.82, 2.24) is 20.0 Å². The minimum Gasteiger partial charge on any atom is -0.484 e. The molecule has 2 aromatic heterocycles. The number of benzene rings is 1. The number of ether oxygens (including phenoxy) is 1. The predicted octanol–water partition coefficient (Wildman–Crippen LogP) is 1.96. The third-order valence-electron chi connectivity index (χ3n) is 4.60. The monoisotopic (exact) mass is 412 g/mol. The van der Waals surface area contributed by atoms with E-state index in [9.17, 15) is 9.59 Å². The number of amides is 2. The molecule has 0 saturated heterocycles. The molecule has 0 fully saturated rings. The van der Waals surface area contributed by atoms with Gasteiger partial charge in [0.05, 0.1) is 5.69 Å². The average Bonchev–Trinajstić information content (AvgIpc) is 3.03. The number of primary amides is 1. The molecule has 9 nitrogen and oxygen atoms in total. The van der Waals surface area contributed by atoms with Gasteiger partial charge in [-0.25, -0.2) is 0 Å². The summed E-state index contributed by atoms with van der Waals surface area (Å²) < 4.78 is 6.86. The van der Waals surface area contributed by atoms with Crippen LogP contribution < -0.4 is 15.8 Å². The normalized spacial score (nSPS) is 15.5. The largest absolute Gasteiger partial charge is 0.484 e. The lowest BCUT2D eigenvalue weighted by molar-refractivity contribution is -0.120. The van der Waals surface area contributed by atoms with Gasteiger partial charge in [0, 0.05) is 17.9 Å². The molecule has 3 aromatic rings. The van der Waals surface area contributed by atoms with Gasteiger partial charge in [-0.05, 0) is 36.8 Å². The van der Waals surface area contributed by atoms with Gasteiger partial charge in [-0.3, -0.25) is 9.59 Å². The summed E-state index contributed by atoms with van der Waals surface area (Å²) in [5.74, 6) is 0.690. The molecule has 3 N–H and O–H groups in total.